The lowest BCUT2D eigenvalue weighted by atomic mass is 10.0. The van der Waals surface area contributed by atoms with Gasteiger partial charge in [0.2, 0.25) is 0 Å². The van der Waals surface area contributed by atoms with Gasteiger partial charge in [-0.05, 0) is 19.8 Å². The first kappa shape index (κ1) is 9.96. The van der Waals surface area contributed by atoms with E-state index in [1.54, 1.807) is 0 Å². The third-order valence-electron chi connectivity index (χ3n) is 2.46. The maximum atomic E-state index is 9.68. The minimum Gasteiger partial charge on any atom is -0.389 e. The van der Waals surface area contributed by atoms with Crippen LogP contribution >= 0.6 is 0 Å². The molecule has 0 bridgehead atoms. The molecule has 0 aromatic carbocycles. The SMILES string of the molecule is CCC(C)(O)CNC1CCOC1. The van der Waals surface area contributed by atoms with Gasteiger partial charge in [-0.3, -0.25) is 0 Å². The van der Waals surface area contributed by atoms with Gasteiger partial charge in [0, 0.05) is 19.2 Å². The molecule has 0 aromatic heterocycles. The second kappa shape index (κ2) is 4.21. The van der Waals surface area contributed by atoms with Crippen molar-refractivity contribution in [2.45, 2.75) is 38.3 Å². The number of nitrogens with one attached hydrogen (secondary N) is 1. The Bertz CT molecular complexity index is 130. The Hall–Kier alpha value is -0.120. The van der Waals surface area contributed by atoms with Gasteiger partial charge in [0.05, 0.1) is 12.2 Å². The average Bonchev–Trinajstić information content (AvgIpc) is 2.53. The Kier molecular flexibility index (Phi) is 3.50. The Morgan fingerprint density at radius 3 is 2.92 bits per heavy atom. The molecule has 2 atom stereocenters. The summed E-state index contributed by atoms with van der Waals surface area (Å²) >= 11 is 0. The summed E-state index contributed by atoms with van der Waals surface area (Å²) in [4.78, 5) is 0. The molecule has 3 heteroatoms. The maximum Gasteiger partial charge on any atom is 0.0741 e. The van der Waals surface area contributed by atoms with Crippen molar-refractivity contribution >= 4 is 0 Å². The molecule has 0 saturated carbocycles. The summed E-state index contributed by atoms with van der Waals surface area (Å²) in [7, 11) is 0. The minimum atomic E-state index is -0.567. The fourth-order valence-corrected chi connectivity index (χ4v) is 1.18. The van der Waals surface area contributed by atoms with Crippen molar-refractivity contribution in [3.8, 4) is 0 Å². The molecule has 1 aliphatic heterocycles. The number of rotatable bonds is 4. The second-order valence-electron chi connectivity index (χ2n) is 3.79. The Morgan fingerprint density at radius 2 is 2.42 bits per heavy atom. The summed E-state index contributed by atoms with van der Waals surface area (Å²) in [5.74, 6) is 0. The minimum absolute atomic E-state index is 0.447. The van der Waals surface area contributed by atoms with Gasteiger partial charge in [-0.2, -0.15) is 0 Å². The van der Waals surface area contributed by atoms with Crippen LogP contribution in [0.2, 0.25) is 0 Å². The Morgan fingerprint density at radius 1 is 1.67 bits per heavy atom. The van der Waals surface area contributed by atoms with Crippen LogP contribution in [-0.4, -0.2) is 36.5 Å². The molecule has 0 aromatic rings. The molecule has 3 nitrogen and oxygen atoms in total. The van der Waals surface area contributed by atoms with E-state index in [4.69, 9.17) is 4.74 Å². The fraction of sp³-hybridized carbons (Fsp3) is 1.00. The lowest BCUT2D eigenvalue weighted by Gasteiger charge is -2.23. The first-order chi connectivity index (χ1) is 5.64. The fourth-order valence-electron chi connectivity index (χ4n) is 1.18. The summed E-state index contributed by atoms with van der Waals surface area (Å²) in [6, 6.07) is 0.447. The predicted octanol–water partition coefficient (Wildman–Crippen LogP) is 0.526. The van der Waals surface area contributed by atoms with Crippen molar-refractivity contribution in [2.24, 2.45) is 0 Å². The van der Waals surface area contributed by atoms with Crippen LogP contribution in [0.15, 0.2) is 0 Å². The molecule has 1 saturated heterocycles. The van der Waals surface area contributed by atoms with Crippen LogP contribution in [0.3, 0.4) is 0 Å². The zero-order chi connectivity index (χ0) is 9.03. The average molecular weight is 173 g/mol. The summed E-state index contributed by atoms with van der Waals surface area (Å²) in [6.45, 7) is 6.16. The van der Waals surface area contributed by atoms with Crippen LogP contribution in [0.4, 0.5) is 0 Å². The summed E-state index contributed by atoms with van der Waals surface area (Å²) in [6.07, 6.45) is 1.85. The maximum absolute atomic E-state index is 9.68. The smallest absolute Gasteiger partial charge is 0.0741 e. The standard InChI is InChI=1S/C9H19NO2/c1-3-9(2,11)7-10-8-4-5-12-6-8/h8,10-11H,3-7H2,1-2H3. The monoisotopic (exact) mass is 173 g/mol. The van der Waals surface area contributed by atoms with E-state index in [9.17, 15) is 5.11 Å². The van der Waals surface area contributed by atoms with E-state index in [0.29, 0.717) is 12.6 Å². The molecule has 1 heterocycles. The Balaban J connectivity index is 2.15. The predicted molar refractivity (Wildman–Crippen MR) is 48.1 cm³/mol. The molecule has 1 rings (SSSR count). The van der Waals surface area contributed by atoms with E-state index >= 15 is 0 Å². The van der Waals surface area contributed by atoms with E-state index in [1.165, 1.54) is 0 Å². The summed E-state index contributed by atoms with van der Waals surface area (Å²) in [5, 5.41) is 13.0. The zero-order valence-electron chi connectivity index (χ0n) is 7.97. The van der Waals surface area contributed by atoms with Crippen molar-refractivity contribution in [3.05, 3.63) is 0 Å². The molecule has 2 N–H and O–H groups in total. The van der Waals surface area contributed by atoms with Crippen LogP contribution in [0.5, 0.6) is 0 Å². The molecule has 1 aliphatic rings. The van der Waals surface area contributed by atoms with E-state index < -0.39 is 5.60 Å². The van der Waals surface area contributed by atoms with Gasteiger partial charge >= 0.3 is 0 Å². The first-order valence-corrected chi connectivity index (χ1v) is 4.67. The number of hydrogen-bond donors (Lipinski definition) is 2. The van der Waals surface area contributed by atoms with Crippen molar-refractivity contribution in [1.29, 1.82) is 0 Å². The van der Waals surface area contributed by atoms with Gasteiger partial charge < -0.3 is 15.2 Å². The van der Waals surface area contributed by atoms with E-state index in [0.717, 1.165) is 26.1 Å². The molecule has 1 fully saturated rings. The van der Waals surface area contributed by atoms with Gasteiger partial charge in [0.1, 0.15) is 0 Å². The van der Waals surface area contributed by atoms with Gasteiger partial charge in [-0.25, -0.2) is 0 Å². The van der Waals surface area contributed by atoms with E-state index in [-0.39, 0.29) is 0 Å². The third-order valence-corrected chi connectivity index (χ3v) is 2.46. The highest BCUT2D eigenvalue weighted by Gasteiger charge is 2.21. The number of hydrogen-bond acceptors (Lipinski definition) is 3. The highest BCUT2D eigenvalue weighted by Crippen LogP contribution is 2.09. The number of aliphatic hydroxyl groups is 1. The second-order valence-corrected chi connectivity index (χ2v) is 3.79. The molecule has 72 valence electrons. The van der Waals surface area contributed by atoms with Crippen LogP contribution in [0.25, 0.3) is 0 Å². The molecule has 12 heavy (non-hydrogen) atoms. The highest BCUT2D eigenvalue weighted by atomic mass is 16.5. The highest BCUT2D eigenvalue weighted by molar-refractivity contribution is 4.78. The van der Waals surface area contributed by atoms with Crippen molar-refractivity contribution in [1.82, 2.24) is 5.32 Å². The molecule has 2 unspecified atom stereocenters. The summed E-state index contributed by atoms with van der Waals surface area (Å²) < 4.78 is 5.21. The quantitative estimate of drug-likeness (QED) is 0.651. The lowest BCUT2D eigenvalue weighted by molar-refractivity contribution is 0.0522. The molecular formula is C9H19NO2. The molecule has 0 spiro atoms. The van der Waals surface area contributed by atoms with Gasteiger partial charge in [0.15, 0.2) is 0 Å². The topological polar surface area (TPSA) is 41.5 Å². The van der Waals surface area contributed by atoms with E-state index in [1.807, 2.05) is 13.8 Å². The summed E-state index contributed by atoms with van der Waals surface area (Å²) in [5.41, 5.74) is -0.567. The normalized spacial score (nSPS) is 28.8. The van der Waals surface area contributed by atoms with E-state index in [2.05, 4.69) is 5.32 Å². The van der Waals surface area contributed by atoms with Gasteiger partial charge in [0.25, 0.3) is 0 Å². The van der Waals surface area contributed by atoms with Crippen LogP contribution in [0.1, 0.15) is 26.7 Å². The third kappa shape index (κ3) is 3.09. The molecule has 0 amide bonds. The van der Waals surface area contributed by atoms with Crippen LogP contribution in [0, 0.1) is 0 Å². The van der Waals surface area contributed by atoms with Crippen LogP contribution in [-0.2, 0) is 4.74 Å². The van der Waals surface area contributed by atoms with Crippen LogP contribution < -0.4 is 5.32 Å². The largest absolute Gasteiger partial charge is 0.389 e. The van der Waals surface area contributed by atoms with Gasteiger partial charge in [-0.15, -0.1) is 0 Å². The molecular weight excluding hydrogens is 154 g/mol. The first-order valence-electron chi connectivity index (χ1n) is 4.67. The van der Waals surface area contributed by atoms with Crippen molar-refractivity contribution < 1.29 is 9.84 Å². The molecule has 0 radical (unpaired) electrons. The Labute approximate surface area is 74.1 Å². The van der Waals surface area contributed by atoms with Crippen molar-refractivity contribution in [3.63, 3.8) is 0 Å². The zero-order valence-corrected chi connectivity index (χ0v) is 7.97. The van der Waals surface area contributed by atoms with Gasteiger partial charge in [-0.1, -0.05) is 6.92 Å². The number of ether oxygens (including phenoxy) is 1. The lowest BCUT2D eigenvalue weighted by Crippen LogP contribution is -2.42. The molecule has 0 aliphatic carbocycles. The van der Waals surface area contributed by atoms with Crippen molar-refractivity contribution in [2.75, 3.05) is 19.8 Å².